The van der Waals surface area contributed by atoms with Crippen molar-refractivity contribution in [1.82, 2.24) is 9.21 Å². The fourth-order valence-electron chi connectivity index (χ4n) is 3.57. The van der Waals surface area contributed by atoms with Crippen molar-refractivity contribution in [3.05, 3.63) is 46.8 Å². The summed E-state index contributed by atoms with van der Waals surface area (Å²) in [6, 6.07) is 9.68. The number of carbonyl (C=O) groups excluding carboxylic acids is 1. The van der Waals surface area contributed by atoms with E-state index in [1.807, 2.05) is 4.90 Å². The van der Waals surface area contributed by atoms with Crippen molar-refractivity contribution >= 4 is 33.0 Å². The van der Waals surface area contributed by atoms with E-state index in [0.29, 0.717) is 36.7 Å². The molecule has 8 heteroatoms. The monoisotopic (exact) mass is 435 g/mol. The predicted octanol–water partition coefficient (Wildman–Crippen LogP) is 3.11. The van der Waals surface area contributed by atoms with Crippen LogP contribution in [0.15, 0.2) is 39.9 Å². The number of nitrogens with zero attached hydrogens (tertiary/aromatic N) is 3. The number of amides is 1. The molecule has 1 aromatic heterocycles. The lowest BCUT2D eigenvalue weighted by atomic mass is 10.1. The van der Waals surface area contributed by atoms with Crippen LogP contribution < -0.4 is 4.90 Å². The summed E-state index contributed by atoms with van der Waals surface area (Å²) in [5.41, 5.74) is 3.82. The number of anilines is 1. The normalized spacial score (nSPS) is 15.2. The van der Waals surface area contributed by atoms with Gasteiger partial charge in [-0.05, 0) is 48.9 Å². The number of carbonyl (C=O) groups is 1. The van der Waals surface area contributed by atoms with E-state index in [4.69, 9.17) is 0 Å². The SMILES string of the molecule is Cc1cccc(N2CCN(C(=O)CCCN(C)S(=O)(=O)c3cccs3)CC2)c1C. The summed E-state index contributed by atoms with van der Waals surface area (Å²) in [4.78, 5) is 16.8. The zero-order chi connectivity index (χ0) is 21.0. The van der Waals surface area contributed by atoms with Crippen molar-refractivity contribution in [2.24, 2.45) is 0 Å². The zero-order valence-electron chi connectivity index (χ0n) is 17.3. The van der Waals surface area contributed by atoms with Crippen molar-refractivity contribution in [2.75, 3.05) is 44.7 Å². The number of hydrogen-bond acceptors (Lipinski definition) is 5. The largest absolute Gasteiger partial charge is 0.368 e. The molecule has 1 fully saturated rings. The van der Waals surface area contributed by atoms with Crippen LogP contribution in [0.5, 0.6) is 0 Å². The van der Waals surface area contributed by atoms with Gasteiger partial charge in [-0.1, -0.05) is 18.2 Å². The maximum atomic E-state index is 12.6. The predicted molar refractivity (Wildman–Crippen MR) is 118 cm³/mol. The van der Waals surface area contributed by atoms with Gasteiger partial charge in [0.05, 0.1) is 0 Å². The van der Waals surface area contributed by atoms with Gasteiger partial charge < -0.3 is 9.80 Å². The molecule has 1 aliphatic rings. The van der Waals surface area contributed by atoms with E-state index in [-0.39, 0.29) is 5.91 Å². The molecule has 2 aromatic rings. The van der Waals surface area contributed by atoms with E-state index in [1.165, 1.54) is 32.5 Å². The molecule has 1 amide bonds. The number of hydrogen-bond donors (Lipinski definition) is 0. The summed E-state index contributed by atoms with van der Waals surface area (Å²) in [5, 5.41) is 1.75. The summed E-state index contributed by atoms with van der Waals surface area (Å²) in [6.45, 7) is 7.65. The van der Waals surface area contributed by atoms with E-state index in [1.54, 1.807) is 24.6 Å². The summed E-state index contributed by atoms with van der Waals surface area (Å²) in [6.07, 6.45) is 0.894. The van der Waals surface area contributed by atoms with Gasteiger partial charge in [-0.15, -0.1) is 11.3 Å². The number of rotatable bonds is 7. The molecular formula is C21H29N3O3S2. The van der Waals surface area contributed by atoms with Crippen molar-refractivity contribution in [1.29, 1.82) is 0 Å². The Labute approximate surface area is 177 Å². The molecule has 1 aliphatic heterocycles. The maximum Gasteiger partial charge on any atom is 0.252 e. The van der Waals surface area contributed by atoms with Crippen molar-refractivity contribution in [3.8, 4) is 0 Å². The van der Waals surface area contributed by atoms with E-state index >= 15 is 0 Å². The van der Waals surface area contributed by atoms with Gasteiger partial charge in [0, 0.05) is 51.9 Å². The minimum Gasteiger partial charge on any atom is -0.368 e. The Hall–Kier alpha value is -1.90. The average molecular weight is 436 g/mol. The van der Waals surface area contributed by atoms with Crippen LogP contribution in [0.1, 0.15) is 24.0 Å². The molecule has 29 heavy (non-hydrogen) atoms. The topological polar surface area (TPSA) is 60.9 Å². The second-order valence-corrected chi connectivity index (χ2v) is 10.7. The highest BCUT2D eigenvalue weighted by atomic mass is 32.2. The quantitative estimate of drug-likeness (QED) is 0.670. The molecule has 3 rings (SSSR count). The van der Waals surface area contributed by atoms with Gasteiger partial charge in [0.1, 0.15) is 4.21 Å². The summed E-state index contributed by atoms with van der Waals surface area (Å²) >= 11 is 1.21. The minimum absolute atomic E-state index is 0.104. The van der Waals surface area contributed by atoms with Crippen LogP contribution in [0.25, 0.3) is 0 Å². The van der Waals surface area contributed by atoms with Crippen molar-refractivity contribution in [3.63, 3.8) is 0 Å². The molecule has 158 valence electrons. The molecule has 0 atom stereocenters. The maximum absolute atomic E-state index is 12.6. The number of aryl methyl sites for hydroxylation is 1. The molecular weight excluding hydrogens is 406 g/mol. The van der Waals surface area contributed by atoms with Gasteiger partial charge in [-0.25, -0.2) is 12.7 Å². The number of piperazine rings is 1. The van der Waals surface area contributed by atoms with Gasteiger partial charge >= 0.3 is 0 Å². The third-order valence-corrected chi connectivity index (χ3v) is 8.80. The van der Waals surface area contributed by atoms with Crippen LogP contribution in [0, 0.1) is 13.8 Å². The Bertz CT molecular complexity index is 934. The second kappa shape index (κ2) is 9.28. The Morgan fingerprint density at radius 1 is 1.10 bits per heavy atom. The smallest absolute Gasteiger partial charge is 0.252 e. The number of thiophene rings is 1. The molecule has 0 N–H and O–H groups in total. The molecule has 0 saturated carbocycles. The lowest BCUT2D eigenvalue weighted by molar-refractivity contribution is -0.131. The van der Waals surface area contributed by atoms with E-state index in [0.717, 1.165) is 13.1 Å². The zero-order valence-corrected chi connectivity index (χ0v) is 18.9. The van der Waals surface area contributed by atoms with Crippen LogP contribution in [0.2, 0.25) is 0 Å². The fourth-order valence-corrected chi connectivity index (χ4v) is 5.98. The molecule has 0 spiro atoms. The molecule has 1 saturated heterocycles. The van der Waals surface area contributed by atoms with E-state index < -0.39 is 10.0 Å². The van der Waals surface area contributed by atoms with Crippen molar-refractivity contribution in [2.45, 2.75) is 30.9 Å². The first-order chi connectivity index (χ1) is 13.8. The molecule has 0 bridgehead atoms. The minimum atomic E-state index is -3.44. The summed E-state index contributed by atoms with van der Waals surface area (Å²) in [5.74, 6) is 0.104. The van der Waals surface area contributed by atoms with Crippen LogP contribution in [0.3, 0.4) is 0 Å². The van der Waals surface area contributed by atoms with Gasteiger partial charge in [-0.3, -0.25) is 4.79 Å². The highest BCUT2D eigenvalue weighted by molar-refractivity contribution is 7.91. The first-order valence-electron chi connectivity index (χ1n) is 9.89. The van der Waals surface area contributed by atoms with E-state index in [2.05, 4.69) is 36.9 Å². The van der Waals surface area contributed by atoms with Gasteiger partial charge in [0.25, 0.3) is 10.0 Å². The molecule has 1 aromatic carbocycles. The van der Waals surface area contributed by atoms with Crippen LogP contribution >= 0.6 is 11.3 Å². The Morgan fingerprint density at radius 3 is 2.48 bits per heavy atom. The standard InChI is InChI=1S/C21H29N3O3S2/c1-17-7-4-8-19(18(17)2)23-12-14-24(15-13-23)20(25)9-5-11-22(3)29(26,27)21-10-6-16-28-21/h4,6-8,10,16H,5,9,11-15H2,1-3H3. The molecule has 0 unspecified atom stereocenters. The van der Waals surface area contributed by atoms with Gasteiger partial charge in [-0.2, -0.15) is 0 Å². The third-order valence-electron chi connectivity index (χ3n) is 5.57. The lowest BCUT2D eigenvalue weighted by Gasteiger charge is -2.37. The highest BCUT2D eigenvalue weighted by Gasteiger charge is 2.24. The van der Waals surface area contributed by atoms with Crippen molar-refractivity contribution < 1.29 is 13.2 Å². The molecule has 2 heterocycles. The first kappa shape index (κ1) is 21.8. The van der Waals surface area contributed by atoms with Gasteiger partial charge in [0.2, 0.25) is 5.91 Å². The molecule has 0 aliphatic carbocycles. The Kier molecular flexibility index (Phi) is 6.97. The summed E-state index contributed by atoms with van der Waals surface area (Å²) in [7, 11) is -1.87. The Balaban J connectivity index is 1.46. The van der Waals surface area contributed by atoms with Crippen LogP contribution in [-0.2, 0) is 14.8 Å². The second-order valence-electron chi connectivity index (χ2n) is 7.45. The third kappa shape index (κ3) is 4.99. The molecule has 0 radical (unpaired) electrons. The van der Waals surface area contributed by atoms with Gasteiger partial charge in [0.15, 0.2) is 0 Å². The fraction of sp³-hybridized carbons (Fsp3) is 0.476. The summed E-state index contributed by atoms with van der Waals surface area (Å²) < 4.78 is 26.5. The highest BCUT2D eigenvalue weighted by Crippen LogP contribution is 2.24. The Morgan fingerprint density at radius 2 is 1.83 bits per heavy atom. The average Bonchev–Trinajstić information content (AvgIpc) is 3.26. The molecule has 6 nitrogen and oxygen atoms in total. The van der Waals surface area contributed by atoms with E-state index in [9.17, 15) is 13.2 Å². The number of sulfonamides is 1. The number of benzene rings is 1. The van der Waals surface area contributed by atoms with Crippen LogP contribution in [-0.4, -0.2) is 63.3 Å². The first-order valence-corrected chi connectivity index (χ1v) is 12.2. The lowest BCUT2D eigenvalue weighted by Crippen LogP contribution is -2.49. The van der Waals surface area contributed by atoms with Crippen LogP contribution in [0.4, 0.5) is 5.69 Å².